The van der Waals surface area contributed by atoms with E-state index in [2.05, 4.69) is 65.2 Å². The zero-order valence-corrected chi connectivity index (χ0v) is 28.5. The molecule has 0 bridgehead atoms. The zero-order chi connectivity index (χ0) is 34.4. The second kappa shape index (κ2) is 14.8. The Morgan fingerprint density at radius 3 is 2.06 bits per heavy atom. The summed E-state index contributed by atoms with van der Waals surface area (Å²) in [6.45, 7) is 5.03. The fraction of sp³-hybridized carbons (Fsp3) is 0.195. The Labute approximate surface area is 290 Å². The lowest BCUT2D eigenvalue weighted by atomic mass is 9.90. The average Bonchev–Trinajstić information content (AvgIpc) is 3.11. The largest absolute Gasteiger partial charge is 0.460 e. The van der Waals surface area contributed by atoms with Crippen molar-refractivity contribution in [1.29, 1.82) is 0 Å². The van der Waals surface area contributed by atoms with Crippen LogP contribution in [0.4, 0.5) is 4.79 Å². The molecule has 0 saturated carbocycles. The van der Waals surface area contributed by atoms with Crippen LogP contribution in [-0.2, 0) is 25.7 Å². The maximum atomic E-state index is 13.6. The standard InChI is InChI=1S/C41H38N2O5S/c1-41(2,3)48-40(46)43-34(39(45)42-24-35(44)47-25-27-14-6-4-7-15-27)26-49-38-32-21-13-12-20-31(32)37-30-19-11-10-16-28(30)22-23-33(37)36(38)29-17-8-5-9-18-29/h4-23,34H,24-26H2,1-3H3,(H,42,45)(H,43,46)/t34-/m0/s1. The van der Waals surface area contributed by atoms with Gasteiger partial charge in [-0.1, -0.05) is 121 Å². The number of carbonyl (C=O) groups is 3. The van der Waals surface area contributed by atoms with Crippen molar-refractivity contribution < 1.29 is 23.9 Å². The van der Waals surface area contributed by atoms with Crippen molar-refractivity contribution in [1.82, 2.24) is 10.6 Å². The Kier molecular flexibility index (Phi) is 10.2. The third kappa shape index (κ3) is 8.04. The van der Waals surface area contributed by atoms with Crippen molar-refractivity contribution >= 4 is 62.0 Å². The average molecular weight is 671 g/mol. The second-order valence-corrected chi connectivity index (χ2v) is 13.7. The molecule has 2 N–H and O–H groups in total. The number of esters is 1. The van der Waals surface area contributed by atoms with Gasteiger partial charge in [-0.15, -0.1) is 11.8 Å². The first kappa shape index (κ1) is 33.6. The lowest BCUT2D eigenvalue weighted by Gasteiger charge is -2.24. The number of rotatable bonds is 10. The van der Waals surface area contributed by atoms with Gasteiger partial charge in [-0.3, -0.25) is 9.59 Å². The van der Waals surface area contributed by atoms with Crippen molar-refractivity contribution in [3.05, 3.63) is 127 Å². The summed E-state index contributed by atoms with van der Waals surface area (Å²) in [5.74, 6) is -0.931. The highest BCUT2D eigenvalue weighted by molar-refractivity contribution is 7.99. The molecular weight excluding hydrogens is 633 g/mol. The lowest BCUT2D eigenvalue weighted by Crippen LogP contribution is -2.50. The first-order valence-corrected chi connectivity index (χ1v) is 17.2. The van der Waals surface area contributed by atoms with E-state index < -0.39 is 29.6 Å². The molecule has 0 radical (unpaired) electrons. The number of carbonyl (C=O) groups excluding carboxylic acids is 3. The molecule has 0 unspecified atom stereocenters. The van der Waals surface area contributed by atoms with Gasteiger partial charge in [0.25, 0.3) is 0 Å². The second-order valence-electron chi connectivity index (χ2n) is 12.7. The van der Waals surface area contributed by atoms with E-state index in [1.54, 1.807) is 20.8 Å². The van der Waals surface area contributed by atoms with Crippen LogP contribution in [-0.4, -0.2) is 41.9 Å². The molecule has 0 saturated heterocycles. The number of amides is 2. The number of fused-ring (bicyclic) bond motifs is 5. The summed E-state index contributed by atoms with van der Waals surface area (Å²) in [4.78, 5) is 40.1. The van der Waals surface area contributed by atoms with E-state index >= 15 is 0 Å². The minimum absolute atomic E-state index is 0.0948. The molecule has 0 fully saturated rings. The van der Waals surface area contributed by atoms with Gasteiger partial charge in [-0.25, -0.2) is 4.79 Å². The van der Waals surface area contributed by atoms with Crippen molar-refractivity contribution in [3.63, 3.8) is 0 Å². The first-order valence-electron chi connectivity index (χ1n) is 16.2. The van der Waals surface area contributed by atoms with E-state index in [0.717, 1.165) is 53.9 Å². The quantitative estimate of drug-likeness (QED) is 0.0861. The number of thioether (sulfide) groups is 1. The SMILES string of the molecule is CC(C)(C)OC(=O)N[C@@H](CSc1c(-c2ccccc2)c2ccc3ccccc3c2c2ccccc12)C(=O)NCC(=O)OCc1ccccc1. The van der Waals surface area contributed by atoms with E-state index in [-0.39, 0.29) is 18.9 Å². The molecule has 0 heterocycles. The van der Waals surface area contributed by atoms with E-state index in [1.807, 2.05) is 66.7 Å². The fourth-order valence-electron chi connectivity index (χ4n) is 5.84. The topological polar surface area (TPSA) is 93.7 Å². The molecule has 0 aromatic heterocycles. The fourth-order valence-corrected chi connectivity index (χ4v) is 7.11. The van der Waals surface area contributed by atoms with E-state index in [1.165, 1.54) is 11.8 Å². The number of ether oxygens (including phenoxy) is 2. The monoisotopic (exact) mass is 670 g/mol. The molecule has 0 spiro atoms. The molecule has 6 aromatic carbocycles. The summed E-state index contributed by atoms with van der Waals surface area (Å²) in [6, 6.07) is 39.5. The Hall–Kier alpha value is -5.34. The number of hydrogen-bond donors (Lipinski definition) is 2. The van der Waals surface area contributed by atoms with Crippen LogP contribution in [0.5, 0.6) is 0 Å². The molecule has 49 heavy (non-hydrogen) atoms. The number of alkyl carbamates (subject to hydrolysis) is 1. The smallest absolute Gasteiger partial charge is 0.408 e. The van der Waals surface area contributed by atoms with E-state index in [0.29, 0.717) is 0 Å². The molecule has 248 valence electrons. The maximum Gasteiger partial charge on any atom is 0.408 e. The zero-order valence-electron chi connectivity index (χ0n) is 27.7. The van der Waals surface area contributed by atoms with Crippen molar-refractivity contribution in [3.8, 4) is 11.1 Å². The van der Waals surface area contributed by atoms with Gasteiger partial charge >= 0.3 is 12.1 Å². The predicted octanol–water partition coefficient (Wildman–Crippen LogP) is 8.66. The molecule has 0 aliphatic carbocycles. The summed E-state index contributed by atoms with van der Waals surface area (Å²) < 4.78 is 10.9. The number of nitrogens with one attached hydrogen (secondary N) is 2. The maximum absolute atomic E-state index is 13.6. The minimum atomic E-state index is -1.02. The summed E-state index contributed by atoms with van der Waals surface area (Å²) in [5, 5.41) is 12.1. The van der Waals surface area contributed by atoms with Crippen LogP contribution in [0, 0.1) is 0 Å². The van der Waals surface area contributed by atoms with Gasteiger partial charge in [0.1, 0.15) is 24.8 Å². The summed E-state index contributed by atoms with van der Waals surface area (Å²) in [5.41, 5.74) is 2.16. The van der Waals surface area contributed by atoms with Crippen LogP contribution in [0.1, 0.15) is 26.3 Å². The summed E-state index contributed by atoms with van der Waals surface area (Å²) in [6.07, 6.45) is -0.724. The number of benzene rings is 6. The summed E-state index contributed by atoms with van der Waals surface area (Å²) in [7, 11) is 0. The lowest BCUT2D eigenvalue weighted by molar-refractivity contribution is -0.145. The van der Waals surface area contributed by atoms with Gasteiger partial charge in [-0.05, 0) is 64.2 Å². The van der Waals surface area contributed by atoms with Gasteiger partial charge in [0.05, 0.1) is 0 Å². The molecule has 0 aliphatic heterocycles. The van der Waals surface area contributed by atoms with Gasteiger partial charge in [0.15, 0.2) is 0 Å². The van der Waals surface area contributed by atoms with Crippen molar-refractivity contribution in [2.45, 2.75) is 43.9 Å². The Morgan fingerprint density at radius 1 is 0.714 bits per heavy atom. The highest BCUT2D eigenvalue weighted by atomic mass is 32.2. The number of hydrogen-bond acceptors (Lipinski definition) is 6. The van der Waals surface area contributed by atoms with Crippen LogP contribution in [0.15, 0.2) is 126 Å². The first-order chi connectivity index (χ1) is 23.7. The normalized spacial score (nSPS) is 12.1. The molecule has 7 nitrogen and oxygen atoms in total. The third-order valence-electron chi connectivity index (χ3n) is 7.98. The molecule has 0 aliphatic rings. The molecule has 6 rings (SSSR count). The Bertz CT molecular complexity index is 2130. The molecule has 8 heteroatoms. The van der Waals surface area contributed by atoms with Gasteiger partial charge < -0.3 is 20.1 Å². The van der Waals surface area contributed by atoms with Crippen LogP contribution < -0.4 is 10.6 Å². The molecule has 2 amide bonds. The summed E-state index contributed by atoms with van der Waals surface area (Å²) >= 11 is 1.48. The van der Waals surface area contributed by atoms with Crippen LogP contribution in [0.3, 0.4) is 0 Å². The highest BCUT2D eigenvalue weighted by Gasteiger charge is 2.27. The van der Waals surface area contributed by atoms with Gasteiger partial charge in [0, 0.05) is 16.2 Å². The molecule has 6 aromatic rings. The third-order valence-corrected chi connectivity index (χ3v) is 9.19. The van der Waals surface area contributed by atoms with Gasteiger partial charge in [-0.2, -0.15) is 0 Å². The Morgan fingerprint density at radius 2 is 1.35 bits per heavy atom. The highest BCUT2D eigenvalue weighted by Crippen LogP contribution is 2.46. The van der Waals surface area contributed by atoms with E-state index in [9.17, 15) is 14.4 Å². The Balaban J connectivity index is 1.34. The minimum Gasteiger partial charge on any atom is -0.460 e. The molecular formula is C41H38N2O5S. The van der Waals surface area contributed by atoms with Crippen LogP contribution >= 0.6 is 11.8 Å². The predicted molar refractivity (Wildman–Crippen MR) is 198 cm³/mol. The molecule has 1 atom stereocenters. The van der Waals surface area contributed by atoms with Crippen molar-refractivity contribution in [2.24, 2.45) is 0 Å². The van der Waals surface area contributed by atoms with Crippen LogP contribution in [0.2, 0.25) is 0 Å². The van der Waals surface area contributed by atoms with Gasteiger partial charge in [0.2, 0.25) is 5.91 Å². The van der Waals surface area contributed by atoms with Crippen molar-refractivity contribution in [2.75, 3.05) is 12.3 Å². The van der Waals surface area contributed by atoms with E-state index in [4.69, 9.17) is 9.47 Å². The van der Waals surface area contributed by atoms with Crippen LogP contribution in [0.25, 0.3) is 43.4 Å².